The summed E-state index contributed by atoms with van der Waals surface area (Å²) in [5.41, 5.74) is 0. The maximum absolute atomic E-state index is 4.30. The molecule has 17 heavy (non-hydrogen) atoms. The monoisotopic (exact) mass is 250 g/mol. The van der Waals surface area contributed by atoms with E-state index in [1.165, 1.54) is 38.6 Å². The van der Waals surface area contributed by atoms with Gasteiger partial charge in [-0.2, -0.15) is 0 Å². The van der Waals surface area contributed by atoms with E-state index in [-0.39, 0.29) is 0 Å². The second-order valence-electron chi connectivity index (χ2n) is 4.72. The van der Waals surface area contributed by atoms with Gasteiger partial charge in [0.1, 0.15) is 0 Å². The van der Waals surface area contributed by atoms with Gasteiger partial charge in [0.05, 0.1) is 5.03 Å². The summed E-state index contributed by atoms with van der Waals surface area (Å²) in [7, 11) is 0. The first-order chi connectivity index (χ1) is 8.45. The summed E-state index contributed by atoms with van der Waals surface area (Å²) in [4.78, 5) is 4.30. The van der Waals surface area contributed by atoms with Crippen molar-refractivity contribution in [2.75, 3.05) is 18.8 Å². The Hall–Kier alpha value is -0.540. The highest BCUT2D eigenvalue weighted by Crippen LogP contribution is 2.22. The maximum Gasteiger partial charge on any atom is 0.0960 e. The number of nitrogens with one attached hydrogen (secondary N) is 1. The average Bonchev–Trinajstić information content (AvgIpc) is 2.41. The first-order valence-electron chi connectivity index (χ1n) is 6.70. The van der Waals surface area contributed by atoms with Crippen LogP contribution in [0, 0.1) is 5.92 Å². The summed E-state index contributed by atoms with van der Waals surface area (Å²) in [6.07, 6.45) is 9.05. The summed E-state index contributed by atoms with van der Waals surface area (Å²) >= 11 is 1.83. The fraction of sp³-hybridized carbons (Fsp3) is 0.643. The van der Waals surface area contributed by atoms with Gasteiger partial charge in [0.2, 0.25) is 0 Å². The van der Waals surface area contributed by atoms with Crippen LogP contribution in [-0.2, 0) is 0 Å². The molecule has 0 radical (unpaired) electrons. The van der Waals surface area contributed by atoms with Gasteiger partial charge in [-0.25, -0.2) is 4.98 Å². The van der Waals surface area contributed by atoms with E-state index in [9.17, 15) is 0 Å². The van der Waals surface area contributed by atoms with E-state index < -0.39 is 0 Å². The van der Waals surface area contributed by atoms with Gasteiger partial charge >= 0.3 is 0 Å². The van der Waals surface area contributed by atoms with E-state index in [2.05, 4.69) is 16.4 Å². The molecular weight excluding hydrogens is 228 g/mol. The molecule has 0 aromatic carbocycles. The lowest BCUT2D eigenvalue weighted by Crippen LogP contribution is -2.26. The third-order valence-corrected chi connectivity index (χ3v) is 4.27. The zero-order chi connectivity index (χ0) is 11.8. The third-order valence-electron chi connectivity index (χ3n) is 3.32. The van der Waals surface area contributed by atoms with Crippen LogP contribution in [0.3, 0.4) is 0 Å². The van der Waals surface area contributed by atoms with Gasteiger partial charge in [-0.15, -0.1) is 11.8 Å². The highest BCUT2D eigenvalue weighted by molar-refractivity contribution is 7.99. The fourth-order valence-electron chi connectivity index (χ4n) is 2.36. The van der Waals surface area contributed by atoms with Crippen molar-refractivity contribution < 1.29 is 0 Å². The summed E-state index contributed by atoms with van der Waals surface area (Å²) in [5, 5.41) is 4.71. The van der Waals surface area contributed by atoms with Crippen molar-refractivity contribution in [3.05, 3.63) is 24.4 Å². The van der Waals surface area contributed by atoms with Crippen LogP contribution in [0.4, 0.5) is 0 Å². The van der Waals surface area contributed by atoms with Crippen LogP contribution in [0.2, 0.25) is 0 Å². The van der Waals surface area contributed by atoms with Crippen LogP contribution in [0.5, 0.6) is 0 Å². The van der Waals surface area contributed by atoms with Crippen LogP contribution < -0.4 is 5.32 Å². The third kappa shape index (κ3) is 5.09. The quantitative estimate of drug-likeness (QED) is 0.619. The predicted molar refractivity (Wildman–Crippen MR) is 74.4 cm³/mol. The second-order valence-corrected chi connectivity index (χ2v) is 5.84. The minimum absolute atomic E-state index is 0.934. The van der Waals surface area contributed by atoms with Gasteiger partial charge in [-0.1, -0.05) is 25.3 Å². The molecule has 0 saturated heterocycles. The molecule has 1 fully saturated rings. The molecule has 0 atom stereocenters. The molecule has 0 bridgehead atoms. The highest BCUT2D eigenvalue weighted by Gasteiger charge is 2.12. The molecule has 1 aliphatic rings. The fourth-order valence-corrected chi connectivity index (χ4v) is 3.12. The lowest BCUT2D eigenvalue weighted by atomic mass is 9.89. The van der Waals surface area contributed by atoms with Crippen LogP contribution in [0.1, 0.15) is 32.1 Å². The largest absolute Gasteiger partial charge is 0.316 e. The van der Waals surface area contributed by atoms with Gasteiger partial charge in [-0.3, -0.25) is 0 Å². The lowest BCUT2D eigenvalue weighted by Gasteiger charge is -2.21. The number of hydrogen-bond donors (Lipinski definition) is 1. The van der Waals surface area contributed by atoms with Gasteiger partial charge in [0.15, 0.2) is 0 Å². The lowest BCUT2D eigenvalue weighted by molar-refractivity contribution is 0.345. The van der Waals surface area contributed by atoms with E-state index in [4.69, 9.17) is 0 Å². The first-order valence-corrected chi connectivity index (χ1v) is 7.68. The van der Waals surface area contributed by atoms with Gasteiger partial charge in [0.25, 0.3) is 0 Å². The second kappa shape index (κ2) is 7.72. The van der Waals surface area contributed by atoms with Gasteiger partial charge < -0.3 is 5.32 Å². The molecule has 1 aromatic rings. The summed E-state index contributed by atoms with van der Waals surface area (Å²) in [6, 6.07) is 6.09. The minimum Gasteiger partial charge on any atom is -0.316 e. The standard InChI is InChI=1S/C14H22N2S/c1-2-6-13(7-3-1)12-15-10-11-17-14-8-4-5-9-16-14/h4-5,8-9,13,15H,1-3,6-7,10-12H2. The van der Waals surface area contributed by atoms with E-state index in [0.29, 0.717) is 0 Å². The molecule has 0 spiro atoms. The summed E-state index contributed by atoms with van der Waals surface area (Å²) < 4.78 is 0. The summed E-state index contributed by atoms with van der Waals surface area (Å²) in [6.45, 7) is 2.31. The number of rotatable bonds is 6. The number of aromatic nitrogens is 1. The first kappa shape index (κ1) is 12.9. The molecule has 0 amide bonds. The van der Waals surface area contributed by atoms with Crippen LogP contribution in [-0.4, -0.2) is 23.8 Å². The SMILES string of the molecule is c1ccc(SCCNCC2CCCCC2)nc1. The maximum atomic E-state index is 4.30. The Morgan fingerprint density at radius 2 is 2.12 bits per heavy atom. The normalized spacial score (nSPS) is 17.2. The van der Waals surface area contributed by atoms with Crippen molar-refractivity contribution in [3.63, 3.8) is 0 Å². The Labute approximate surface area is 109 Å². The molecule has 94 valence electrons. The molecule has 2 rings (SSSR count). The smallest absolute Gasteiger partial charge is 0.0960 e. The van der Waals surface area contributed by atoms with Crippen molar-refractivity contribution >= 4 is 11.8 Å². The molecule has 1 N–H and O–H groups in total. The van der Waals surface area contributed by atoms with Gasteiger partial charge in [-0.05, 0) is 37.4 Å². The van der Waals surface area contributed by atoms with Crippen molar-refractivity contribution in [1.82, 2.24) is 10.3 Å². The molecule has 3 heteroatoms. The minimum atomic E-state index is 0.934. The topological polar surface area (TPSA) is 24.9 Å². The summed E-state index contributed by atoms with van der Waals surface area (Å²) in [5.74, 6) is 2.05. The van der Waals surface area contributed by atoms with Crippen LogP contribution >= 0.6 is 11.8 Å². The zero-order valence-corrected chi connectivity index (χ0v) is 11.2. The van der Waals surface area contributed by atoms with E-state index >= 15 is 0 Å². The predicted octanol–water partition coefficient (Wildman–Crippen LogP) is 3.34. The Bertz CT molecular complexity index is 296. The van der Waals surface area contributed by atoms with Crippen LogP contribution in [0.15, 0.2) is 29.4 Å². The highest BCUT2D eigenvalue weighted by atomic mass is 32.2. The van der Waals surface area contributed by atoms with Crippen LogP contribution in [0.25, 0.3) is 0 Å². The molecule has 0 unspecified atom stereocenters. The molecular formula is C14H22N2S. The molecule has 1 aliphatic carbocycles. The number of pyridine rings is 1. The number of thioether (sulfide) groups is 1. The Morgan fingerprint density at radius 3 is 2.88 bits per heavy atom. The molecule has 1 aromatic heterocycles. The van der Waals surface area contributed by atoms with E-state index in [0.717, 1.165) is 23.2 Å². The Kier molecular flexibility index (Phi) is 5.86. The number of nitrogens with zero attached hydrogens (tertiary/aromatic N) is 1. The van der Waals surface area contributed by atoms with E-state index in [1.807, 2.05) is 30.1 Å². The molecule has 2 nitrogen and oxygen atoms in total. The molecule has 1 saturated carbocycles. The molecule has 0 aliphatic heterocycles. The van der Waals surface area contributed by atoms with Crippen molar-refractivity contribution in [2.45, 2.75) is 37.1 Å². The van der Waals surface area contributed by atoms with E-state index in [1.54, 1.807) is 0 Å². The van der Waals surface area contributed by atoms with Crippen molar-refractivity contribution in [1.29, 1.82) is 0 Å². The Morgan fingerprint density at radius 1 is 1.24 bits per heavy atom. The average molecular weight is 250 g/mol. The number of hydrogen-bond acceptors (Lipinski definition) is 3. The zero-order valence-electron chi connectivity index (χ0n) is 10.4. The van der Waals surface area contributed by atoms with Gasteiger partial charge in [0, 0.05) is 18.5 Å². The van der Waals surface area contributed by atoms with Crippen molar-refractivity contribution in [2.24, 2.45) is 5.92 Å². The molecule has 1 heterocycles. The Balaban J connectivity index is 1.51. The van der Waals surface area contributed by atoms with Crippen molar-refractivity contribution in [3.8, 4) is 0 Å².